The van der Waals surface area contributed by atoms with Gasteiger partial charge in [-0.05, 0) is 62.1 Å². The summed E-state index contributed by atoms with van der Waals surface area (Å²) in [6.07, 6.45) is 1.85. The largest absolute Gasteiger partial charge is 0.439 e. The summed E-state index contributed by atoms with van der Waals surface area (Å²) in [5.41, 5.74) is 7.12. The Balaban J connectivity index is 0.000000362. The maximum Gasteiger partial charge on any atom is 0.433 e. The van der Waals surface area contributed by atoms with Gasteiger partial charge in [-0.15, -0.1) is 0 Å². The van der Waals surface area contributed by atoms with Crippen molar-refractivity contribution in [3.63, 3.8) is 0 Å². The van der Waals surface area contributed by atoms with Crippen molar-refractivity contribution in [2.45, 2.75) is 58.4 Å². The molecule has 0 bridgehead atoms. The summed E-state index contributed by atoms with van der Waals surface area (Å²) in [5, 5.41) is 8.86. The van der Waals surface area contributed by atoms with E-state index < -0.39 is 11.9 Å². The van der Waals surface area contributed by atoms with Crippen LogP contribution >= 0.6 is 0 Å². The van der Waals surface area contributed by atoms with Crippen molar-refractivity contribution in [3.8, 4) is 11.6 Å². The number of likely N-dealkylation sites (N-methyl/N-ethyl adjacent to an activating group) is 1. The Labute approximate surface area is 194 Å². The number of pyridine rings is 1. The van der Waals surface area contributed by atoms with Crippen molar-refractivity contribution in [1.29, 1.82) is 0 Å². The van der Waals surface area contributed by atoms with Crippen molar-refractivity contribution in [2.24, 2.45) is 5.73 Å². The number of aromatic nitrogens is 1. The van der Waals surface area contributed by atoms with Crippen LogP contribution in [0.3, 0.4) is 0 Å². The Morgan fingerprint density at radius 2 is 1.94 bits per heavy atom. The minimum absolute atomic E-state index is 0.0197. The zero-order valence-electron chi connectivity index (χ0n) is 19.5. The zero-order valence-corrected chi connectivity index (χ0v) is 19.5. The van der Waals surface area contributed by atoms with Gasteiger partial charge in [0.25, 0.3) is 0 Å². The van der Waals surface area contributed by atoms with Crippen molar-refractivity contribution in [1.82, 2.24) is 9.88 Å². The molecule has 1 unspecified atom stereocenters. The Bertz CT molecular complexity index is 902. The van der Waals surface area contributed by atoms with E-state index in [4.69, 9.17) is 15.6 Å². The molecule has 5 nitrogen and oxygen atoms in total. The number of aliphatic hydroxyl groups excluding tert-OH is 1. The van der Waals surface area contributed by atoms with E-state index in [1.54, 1.807) is 18.2 Å². The molecule has 0 amide bonds. The van der Waals surface area contributed by atoms with Crippen LogP contribution in [0.5, 0.6) is 11.6 Å². The first-order chi connectivity index (χ1) is 15.7. The highest BCUT2D eigenvalue weighted by Crippen LogP contribution is 2.32. The lowest BCUT2D eigenvalue weighted by molar-refractivity contribution is -0.141. The lowest BCUT2D eigenvalue weighted by Crippen LogP contribution is -2.15. The highest BCUT2D eigenvalue weighted by Gasteiger charge is 2.33. The van der Waals surface area contributed by atoms with Crippen LogP contribution in [0.2, 0.25) is 0 Å². The smallest absolute Gasteiger partial charge is 0.433 e. The molecule has 182 valence electrons. The predicted octanol–water partition coefficient (Wildman–Crippen LogP) is 5.63. The van der Waals surface area contributed by atoms with E-state index >= 15 is 0 Å². The van der Waals surface area contributed by atoms with E-state index in [2.05, 4.69) is 16.0 Å². The Hall–Kier alpha value is -2.42. The molecule has 2 aromatic rings. The first-order valence-corrected chi connectivity index (χ1v) is 11.3. The molecule has 1 aliphatic heterocycles. The fourth-order valence-electron chi connectivity index (χ4n) is 3.34. The Morgan fingerprint density at radius 3 is 2.42 bits per heavy atom. The SMILES string of the molecule is CC.CN1CCC(O)C1.NCc1cc(Oc2cccc(C=C3CCC3)c2)nc(C(F)(F)F)c1. The van der Waals surface area contributed by atoms with Crippen LogP contribution in [0.1, 0.15) is 56.4 Å². The standard InChI is InChI=1S/C18H17F3N2O.C5H11NO.C2H6/c19-18(20,21)16-9-14(11-22)10-17(23-16)24-15-6-2-5-13(8-15)7-12-3-1-4-12;1-6-3-2-5(7)4-6;1-2/h2,5-10H,1,3-4,11,22H2;5,7H,2-4H2,1H3;1-2H3. The van der Waals surface area contributed by atoms with Crippen LogP contribution < -0.4 is 10.5 Å². The maximum absolute atomic E-state index is 12.9. The number of ether oxygens (including phenoxy) is 1. The molecule has 4 rings (SSSR count). The molecular weight excluding hydrogens is 431 g/mol. The number of hydrogen-bond acceptors (Lipinski definition) is 5. The Morgan fingerprint density at radius 1 is 1.21 bits per heavy atom. The average molecular weight is 466 g/mol. The van der Waals surface area contributed by atoms with Crippen LogP contribution in [0.25, 0.3) is 6.08 Å². The molecule has 1 saturated heterocycles. The molecular formula is C25H34F3N3O2. The van der Waals surface area contributed by atoms with E-state index in [0.29, 0.717) is 11.3 Å². The van der Waals surface area contributed by atoms with Crippen LogP contribution in [0, 0.1) is 0 Å². The molecule has 0 spiro atoms. The highest BCUT2D eigenvalue weighted by molar-refractivity contribution is 5.56. The first kappa shape index (κ1) is 26.8. The molecule has 2 heterocycles. The van der Waals surface area contributed by atoms with Gasteiger partial charge in [0, 0.05) is 25.7 Å². The van der Waals surface area contributed by atoms with Crippen LogP contribution in [-0.4, -0.2) is 41.2 Å². The fraction of sp³-hybridized carbons (Fsp3) is 0.480. The second-order valence-electron chi connectivity index (χ2n) is 7.94. The van der Waals surface area contributed by atoms with Crippen molar-refractivity contribution in [3.05, 3.63) is 58.8 Å². The summed E-state index contributed by atoms with van der Waals surface area (Å²) < 4.78 is 44.3. The number of nitrogens with two attached hydrogens (primary N) is 1. The molecule has 8 heteroatoms. The first-order valence-electron chi connectivity index (χ1n) is 11.3. The number of nitrogens with zero attached hydrogens (tertiary/aromatic N) is 2. The summed E-state index contributed by atoms with van der Waals surface area (Å²) in [7, 11) is 2.02. The molecule has 2 fully saturated rings. The summed E-state index contributed by atoms with van der Waals surface area (Å²) in [5.74, 6) is 0.331. The van der Waals surface area contributed by atoms with Crippen LogP contribution in [0.4, 0.5) is 13.2 Å². The number of allylic oxidation sites excluding steroid dienone is 1. The molecule has 1 aliphatic carbocycles. The third-order valence-corrected chi connectivity index (χ3v) is 5.20. The summed E-state index contributed by atoms with van der Waals surface area (Å²) in [6.45, 7) is 5.90. The lowest BCUT2D eigenvalue weighted by Gasteiger charge is -2.16. The van der Waals surface area contributed by atoms with Gasteiger partial charge in [-0.3, -0.25) is 0 Å². The number of halogens is 3. The topological polar surface area (TPSA) is 71.6 Å². The molecule has 0 radical (unpaired) electrons. The Kier molecular flexibility index (Phi) is 10.3. The van der Waals surface area contributed by atoms with Crippen LogP contribution in [-0.2, 0) is 12.7 Å². The van der Waals surface area contributed by atoms with Gasteiger partial charge in [0.05, 0.1) is 6.10 Å². The molecule has 1 atom stereocenters. The number of likely N-dealkylation sites (tertiary alicyclic amines) is 1. The second-order valence-corrected chi connectivity index (χ2v) is 7.94. The molecule has 1 saturated carbocycles. The van der Waals surface area contributed by atoms with E-state index in [1.807, 2.05) is 27.0 Å². The van der Waals surface area contributed by atoms with Gasteiger partial charge < -0.3 is 20.5 Å². The third-order valence-electron chi connectivity index (χ3n) is 5.20. The van der Waals surface area contributed by atoms with Gasteiger partial charge in [-0.25, -0.2) is 4.98 Å². The number of hydrogen-bond donors (Lipinski definition) is 2. The highest BCUT2D eigenvalue weighted by atomic mass is 19.4. The second kappa shape index (κ2) is 12.7. The molecule has 2 aliphatic rings. The van der Waals surface area contributed by atoms with Gasteiger partial charge in [0.15, 0.2) is 0 Å². The van der Waals surface area contributed by atoms with Crippen molar-refractivity contribution >= 4 is 6.08 Å². The maximum atomic E-state index is 12.9. The predicted molar refractivity (Wildman–Crippen MR) is 125 cm³/mol. The number of β-amino-alcohol motifs (C(OH)–C–C–N with tert-alkyl or cyclic N) is 1. The van der Waals surface area contributed by atoms with Crippen molar-refractivity contribution < 1.29 is 23.0 Å². The van der Waals surface area contributed by atoms with Gasteiger partial charge in [0.1, 0.15) is 11.4 Å². The number of benzene rings is 1. The molecule has 3 N–H and O–H groups in total. The van der Waals surface area contributed by atoms with Gasteiger partial charge >= 0.3 is 6.18 Å². The molecule has 1 aromatic carbocycles. The minimum Gasteiger partial charge on any atom is -0.439 e. The van der Waals surface area contributed by atoms with E-state index in [1.165, 1.54) is 18.1 Å². The number of alkyl halides is 3. The van der Waals surface area contributed by atoms with E-state index in [-0.39, 0.29) is 18.5 Å². The van der Waals surface area contributed by atoms with Crippen molar-refractivity contribution in [2.75, 3.05) is 20.1 Å². The average Bonchev–Trinajstić information content (AvgIpc) is 3.14. The third kappa shape index (κ3) is 8.79. The van der Waals surface area contributed by atoms with Gasteiger partial charge in [-0.2, -0.15) is 13.2 Å². The number of rotatable bonds is 4. The quantitative estimate of drug-likeness (QED) is 0.613. The van der Waals surface area contributed by atoms with Gasteiger partial charge in [0.2, 0.25) is 5.88 Å². The summed E-state index contributed by atoms with van der Waals surface area (Å²) >= 11 is 0. The summed E-state index contributed by atoms with van der Waals surface area (Å²) in [4.78, 5) is 5.68. The molecule has 1 aromatic heterocycles. The lowest BCUT2D eigenvalue weighted by atomic mass is 9.91. The number of aliphatic hydroxyl groups is 1. The fourth-order valence-corrected chi connectivity index (χ4v) is 3.34. The molecule has 33 heavy (non-hydrogen) atoms. The van der Waals surface area contributed by atoms with Gasteiger partial charge in [-0.1, -0.05) is 37.6 Å². The normalized spacial score (nSPS) is 17.8. The zero-order chi connectivity index (χ0) is 24.4. The monoisotopic (exact) mass is 465 g/mol. The van der Waals surface area contributed by atoms with Crippen LogP contribution in [0.15, 0.2) is 42.0 Å². The minimum atomic E-state index is -4.54. The van der Waals surface area contributed by atoms with E-state index in [9.17, 15) is 13.2 Å². The summed E-state index contributed by atoms with van der Waals surface area (Å²) in [6, 6.07) is 9.57. The van der Waals surface area contributed by atoms with E-state index in [0.717, 1.165) is 44.0 Å².